The smallest absolute Gasteiger partial charge is 0.283 e. The molecule has 62 valence electrons. The van der Waals surface area contributed by atoms with Crippen molar-refractivity contribution in [2.75, 3.05) is 0 Å². The highest BCUT2D eigenvalue weighted by Gasteiger charge is 1.98. The molecule has 5 nitrogen and oxygen atoms in total. The average Bonchev–Trinajstić information content (AvgIpc) is 2.07. The molecule has 1 aromatic carbocycles. The molecule has 1 aromatic rings. The molecule has 0 aromatic heterocycles. The van der Waals surface area contributed by atoms with Gasteiger partial charge in [-0.2, -0.15) is 5.26 Å². The highest BCUT2D eigenvalue weighted by Crippen LogP contribution is 2.06. The van der Waals surface area contributed by atoms with Gasteiger partial charge in [-0.25, -0.2) is 0 Å². The number of para-hydroxylation sites is 1. The molecule has 0 aliphatic heterocycles. The molecule has 0 heterocycles. The molecule has 0 aliphatic carbocycles. The van der Waals surface area contributed by atoms with Gasteiger partial charge >= 0.3 is 0 Å². The molecule has 0 atom stereocenters. The lowest BCUT2D eigenvalue weighted by Crippen LogP contribution is -1.84. The molecule has 0 unspecified atom stereocenters. The van der Waals surface area contributed by atoms with Crippen LogP contribution in [0.5, 0.6) is 0 Å². The number of benzene rings is 1. The summed E-state index contributed by atoms with van der Waals surface area (Å²) in [5.74, 6) is 0. The van der Waals surface area contributed by atoms with Crippen molar-refractivity contribution in [3.8, 4) is 6.26 Å². The number of aliphatic hydroxyl groups excluding tert-OH is 1. The summed E-state index contributed by atoms with van der Waals surface area (Å²) in [7, 11) is 0. The monoisotopic (exact) mass is 166 g/mol. The normalized spacial score (nSPS) is 7.25. The summed E-state index contributed by atoms with van der Waals surface area (Å²) in [6.45, 7) is 0. The van der Waals surface area contributed by atoms with E-state index in [0.29, 0.717) is 0 Å². The Morgan fingerprint density at radius 1 is 1.42 bits per heavy atom. The molecule has 0 bridgehead atoms. The number of nitro groups is 1. The zero-order valence-electron chi connectivity index (χ0n) is 6.04. The molecule has 12 heavy (non-hydrogen) atoms. The van der Waals surface area contributed by atoms with Crippen LogP contribution in [0, 0.1) is 21.6 Å². The van der Waals surface area contributed by atoms with E-state index in [4.69, 9.17) is 10.4 Å². The van der Waals surface area contributed by atoms with Crippen LogP contribution in [0.2, 0.25) is 0 Å². The molecular weight excluding hydrogens is 160 g/mol. The number of rotatable bonds is 1. The predicted octanol–water partition coefficient (Wildman–Crippen LogP) is 1.43. The van der Waals surface area contributed by atoms with E-state index in [1.807, 2.05) is 0 Å². The molecule has 5 heteroatoms. The van der Waals surface area contributed by atoms with Gasteiger partial charge in [0.2, 0.25) is 0 Å². The first-order chi connectivity index (χ1) is 5.72. The highest BCUT2D eigenvalue weighted by atomic mass is 16.6. The highest BCUT2D eigenvalue weighted by molar-refractivity contribution is 5.27. The van der Waals surface area contributed by atoms with Crippen LogP contribution in [0.1, 0.15) is 0 Å². The first-order valence-corrected chi connectivity index (χ1v) is 2.95. The van der Waals surface area contributed by atoms with Crippen molar-refractivity contribution in [2.45, 2.75) is 0 Å². The molecule has 0 saturated heterocycles. The van der Waals surface area contributed by atoms with E-state index in [-0.39, 0.29) is 5.69 Å². The molecule has 0 aliphatic rings. The second kappa shape index (κ2) is 5.68. The predicted molar refractivity (Wildman–Crippen MR) is 40.6 cm³/mol. The van der Waals surface area contributed by atoms with Gasteiger partial charge in [0.25, 0.3) is 11.9 Å². The number of nitro benzene ring substituents is 1. The lowest BCUT2D eigenvalue weighted by molar-refractivity contribution is -0.384. The van der Waals surface area contributed by atoms with E-state index in [0.717, 1.165) is 6.26 Å². The minimum Gasteiger partial charge on any atom is -0.443 e. The van der Waals surface area contributed by atoms with Crippen molar-refractivity contribution >= 4 is 5.69 Å². The summed E-state index contributed by atoms with van der Waals surface area (Å²) in [5, 5.41) is 23.8. The summed E-state index contributed by atoms with van der Waals surface area (Å²) >= 11 is 0. The van der Waals surface area contributed by atoms with Crippen LogP contribution in [0.15, 0.2) is 30.3 Å². The minimum atomic E-state index is -0.417. The molecular formula is C7H6N2O3. The van der Waals surface area contributed by atoms with E-state index in [2.05, 4.69) is 0 Å². The molecule has 0 radical (unpaired) electrons. The van der Waals surface area contributed by atoms with Gasteiger partial charge in [-0.3, -0.25) is 10.1 Å². The lowest BCUT2D eigenvalue weighted by atomic mass is 10.3. The molecule has 1 rings (SSSR count). The minimum absolute atomic E-state index is 0.137. The zero-order valence-corrected chi connectivity index (χ0v) is 6.04. The number of hydrogen-bond acceptors (Lipinski definition) is 4. The molecule has 0 saturated carbocycles. The number of hydrogen-bond donors (Lipinski definition) is 1. The summed E-state index contributed by atoms with van der Waals surface area (Å²) < 4.78 is 0. The lowest BCUT2D eigenvalue weighted by Gasteiger charge is -1.85. The van der Waals surface area contributed by atoms with Gasteiger partial charge in [0, 0.05) is 12.1 Å². The third kappa shape index (κ3) is 3.85. The van der Waals surface area contributed by atoms with Gasteiger partial charge in [0.15, 0.2) is 0 Å². The maximum atomic E-state index is 10.0. The Labute approximate surface area is 68.6 Å². The Kier molecular flexibility index (Phi) is 4.69. The largest absolute Gasteiger partial charge is 0.443 e. The quantitative estimate of drug-likeness (QED) is 0.388. The van der Waals surface area contributed by atoms with Crippen LogP contribution >= 0.6 is 0 Å². The van der Waals surface area contributed by atoms with Crippen LogP contribution in [-0.4, -0.2) is 10.0 Å². The zero-order chi connectivity index (χ0) is 9.40. The van der Waals surface area contributed by atoms with Crippen molar-refractivity contribution in [1.82, 2.24) is 0 Å². The van der Waals surface area contributed by atoms with Crippen LogP contribution < -0.4 is 0 Å². The van der Waals surface area contributed by atoms with Crippen molar-refractivity contribution < 1.29 is 10.0 Å². The molecule has 0 fully saturated rings. The van der Waals surface area contributed by atoms with Crippen molar-refractivity contribution in [1.29, 1.82) is 5.26 Å². The maximum absolute atomic E-state index is 10.0. The summed E-state index contributed by atoms with van der Waals surface area (Å²) in [4.78, 5) is 9.59. The van der Waals surface area contributed by atoms with Crippen molar-refractivity contribution in [2.24, 2.45) is 0 Å². The third-order valence-electron chi connectivity index (χ3n) is 0.967. The maximum Gasteiger partial charge on any atom is 0.283 e. The van der Waals surface area contributed by atoms with Gasteiger partial charge in [0.1, 0.15) is 0 Å². The van der Waals surface area contributed by atoms with Crippen LogP contribution in [0.3, 0.4) is 0 Å². The van der Waals surface area contributed by atoms with Crippen LogP contribution in [0.25, 0.3) is 0 Å². The Bertz CT molecular complexity index is 278. The summed E-state index contributed by atoms with van der Waals surface area (Å²) in [5.41, 5.74) is 0.137. The van der Waals surface area contributed by atoms with E-state index in [1.54, 1.807) is 18.2 Å². The molecule has 0 amide bonds. The first-order valence-electron chi connectivity index (χ1n) is 2.95. The molecule has 1 N–H and O–H groups in total. The summed E-state index contributed by atoms with van der Waals surface area (Å²) in [6.07, 6.45) is 0.750. The fourth-order valence-corrected chi connectivity index (χ4v) is 0.550. The van der Waals surface area contributed by atoms with E-state index in [1.165, 1.54) is 12.1 Å². The van der Waals surface area contributed by atoms with Crippen molar-refractivity contribution in [3.63, 3.8) is 0 Å². The number of nitriles is 1. The van der Waals surface area contributed by atoms with E-state index >= 15 is 0 Å². The van der Waals surface area contributed by atoms with Crippen LogP contribution in [-0.2, 0) is 0 Å². The van der Waals surface area contributed by atoms with Gasteiger partial charge in [-0.1, -0.05) is 18.2 Å². The Hall–Kier alpha value is -2.09. The fourth-order valence-electron chi connectivity index (χ4n) is 0.550. The standard InChI is InChI=1S/C6H5NO2.CHNO/c8-7(9)6-4-2-1-3-5-6;2-1-3/h1-5H;3H. The van der Waals surface area contributed by atoms with E-state index < -0.39 is 4.92 Å². The van der Waals surface area contributed by atoms with Crippen LogP contribution in [0.4, 0.5) is 5.69 Å². The van der Waals surface area contributed by atoms with Gasteiger partial charge in [-0.05, 0) is 0 Å². The molecule has 0 spiro atoms. The average molecular weight is 166 g/mol. The van der Waals surface area contributed by atoms with Crippen molar-refractivity contribution in [3.05, 3.63) is 40.4 Å². The Morgan fingerprint density at radius 2 is 1.83 bits per heavy atom. The number of non-ortho nitro benzene ring substituents is 1. The first kappa shape index (κ1) is 9.91. The third-order valence-corrected chi connectivity index (χ3v) is 0.967. The fraction of sp³-hybridized carbons (Fsp3) is 0. The second-order valence-corrected chi connectivity index (χ2v) is 1.69. The second-order valence-electron chi connectivity index (χ2n) is 1.69. The summed E-state index contributed by atoms with van der Waals surface area (Å²) in [6, 6.07) is 7.93. The number of nitrogens with zero attached hydrogens (tertiary/aromatic N) is 2. The number of aliphatic hydroxyl groups is 1. The topological polar surface area (TPSA) is 87.2 Å². The van der Waals surface area contributed by atoms with Gasteiger partial charge in [-0.15, -0.1) is 0 Å². The Morgan fingerprint density at radius 3 is 2.08 bits per heavy atom. The SMILES string of the molecule is N#CO.O=[N+]([O-])c1ccccc1. The Balaban J connectivity index is 0.000000354. The van der Waals surface area contributed by atoms with Gasteiger partial charge < -0.3 is 5.11 Å². The van der Waals surface area contributed by atoms with Gasteiger partial charge in [0.05, 0.1) is 4.92 Å². The van der Waals surface area contributed by atoms with E-state index in [9.17, 15) is 10.1 Å².